The van der Waals surface area contributed by atoms with E-state index in [1.165, 1.54) is 22.3 Å². The van der Waals surface area contributed by atoms with Gasteiger partial charge in [0.15, 0.2) is 0 Å². The molecule has 4 nitrogen and oxygen atoms in total. The molecule has 6 aromatic carbocycles. The van der Waals surface area contributed by atoms with Crippen molar-refractivity contribution in [2.75, 3.05) is 0 Å². The SMILES string of the molecule is [Pt+2].[c-]1c(C2(c3[c-]c(-c4cc(-c5ccccc5)ccn4)c4cnccc4c3)c3ccccc3-c3ccccc32)cc2ccncc2c1-c1cc(-c2ccccc2)ccn1. The minimum atomic E-state index is -0.806. The second-order valence-electron chi connectivity index (χ2n) is 14.5. The largest absolute Gasteiger partial charge is 2.00 e. The van der Waals surface area contributed by atoms with Crippen molar-refractivity contribution in [1.29, 1.82) is 0 Å². The fourth-order valence-corrected chi connectivity index (χ4v) is 8.79. The van der Waals surface area contributed by atoms with Crippen LogP contribution < -0.4 is 0 Å². The van der Waals surface area contributed by atoms with Crippen LogP contribution in [0.3, 0.4) is 0 Å². The Hall–Kier alpha value is -6.87. The number of pyridine rings is 4. The van der Waals surface area contributed by atoms with E-state index in [1.54, 1.807) is 0 Å². The normalized spacial score (nSPS) is 12.5. The topological polar surface area (TPSA) is 51.6 Å². The summed E-state index contributed by atoms with van der Waals surface area (Å²) in [6.45, 7) is 0. The molecule has 0 atom stereocenters. The van der Waals surface area contributed by atoms with Crippen LogP contribution in [0.4, 0.5) is 0 Å². The van der Waals surface area contributed by atoms with Crippen LogP contribution >= 0.6 is 0 Å². The van der Waals surface area contributed by atoms with Crippen LogP contribution in [0.1, 0.15) is 22.3 Å². The van der Waals surface area contributed by atoms with Gasteiger partial charge in [-0.2, -0.15) is 0 Å². The molecule has 58 heavy (non-hydrogen) atoms. The number of fused-ring (bicyclic) bond motifs is 5. The van der Waals surface area contributed by atoms with Crippen molar-refractivity contribution in [1.82, 2.24) is 19.9 Å². The van der Waals surface area contributed by atoms with Crippen molar-refractivity contribution in [3.05, 3.63) is 229 Å². The Morgan fingerprint density at radius 2 is 0.828 bits per heavy atom. The third-order valence-electron chi connectivity index (χ3n) is 11.4. The van der Waals surface area contributed by atoms with E-state index >= 15 is 0 Å². The molecule has 4 heterocycles. The maximum Gasteiger partial charge on any atom is 2.00 e. The van der Waals surface area contributed by atoms with Gasteiger partial charge in [-0.05, 0) is 80.4 Å². The predicted molar refractivity (Wildman–Crippen MR) is 229 cm³/mol. The summed E-state index contributed by atoms with van der Waals surface area (Å²) in [4.78, 5) is 19.2. The molecule has 0 radical (unpaired) electrons. The minimum Gasteiger partial charge on any atom is -0.305 e. The molecule has 1 aliphatic carbocycles. The second kappa shape index (κ2) is 14.6. The van der Waals surface area contributed by atoms with E-state index in [-0.39, 0.29) is 21.1 Å². The van der Waals surface area contributed by atoms with Gasteiger partial charge in [-0.1, -0.05) is 155 Å². The van der Waals surface area contributed by atoms with Gasteiger partial charge in [0.25, 0.3) is 0 Å². The zero-order chi connectivity index (χ0) is 37.8. The predicted octanol–water partition coefficient (Wildman–Crippen LogP) is 12.2. The first-order valence-electron chi connectivity index (χ1n) is 19.1. The molecule has 5 heteroatoms. The molecule has 0 saturated carbocycles. The van der Waals surface area contributed by atoms with Crippen molar-refractivity contribution in [3.63, 3.8) is 0 Å². The average Bonchev–Trinajstić information content (AvgIpc) is 3.60. The van der Waals surface area contributed by atoms with E-state index in [4.69, 9.17) is 9.97 Å². The fraction of sp³-hybridized carbons (Fsp3) is 0.0189. The van der Waals surface area contributed by atoms with Crippen LogP contribution in [0.25, 0.3) is 77.4 Å². The van der Waals surface area contributed by atoms with E-state index < -0.39 is 5.41 Å². The summed E-state index contributed by atoms with van der Waals surface area (Å²) in [6.07, 6.45) is 11.4. The number of hydrogen-bond donors (Lipinski definition) is 0. The summed E-state index contributed by atoms with van der Waals surface area (Å²) in [5.74, 6) is 0. The van der Waals surface area contributed by atoms with Gasteiger partial charge >= 0.3 is 21.1 Å². The van der Waals surface area contributed by atoms with Crippen molar-refractivity contribution >= 4 is 21.5 Å². The number of benzene rings is 6. The summed E-state index contributed by atoms with van der Waals surface area (Å²) in [5, 5.41) is 4.10. The molecule has 0 fully saturated rings. The minimum absolute atomic E-state index is 0. The summed E-state index contributed by atoms with van der Waals surface area (Å²) < 4.78 is 0. The Kier molecular flexibility index (Phi) is 8.93. The van der Waals surface area contributed by atoms with Gasteiger partial charge in [-0.3, -0.25) is 9.97 Å². The van der Waals surface area contributed by atoms with Crippen LogP contribution in [0.2, 0.25) is 0 Å². The third kappa shape index (κ3) is 5.71. The summed E-state index contributed by atoms with van der Waals surface area (Å²) in [7, 11) is 0. The van der Waals surface area contributed by atoms with Crippen LogP contribution in [-0.4, -0.2) is 19.9 Å². The van der Waals surface area contributed by atoms with Crippen molar-refractivity contribution in [2.45, 2.75) is 5.41 Å². The van der Waals surface area contributed by atoms with Gasteiger partial charge in [0.05, 0.1) is 0 Å². The molecular weight excluding hydrogens is 888 g/mol. The number of rotatable bonds is 6. The van der Waals surface area contributed by atoms with Gasteiger partial charge in [-0.25, -0.2) is 0 Å². The molecule has 0 aliphatic heterocycles. The van der Waals surface area contributed by atoms with E-state index in [2.05, 4.69) is 168 Å². The second-order valence-corrected chi connectivity index (χ2v) is 14.5. The average molecular weight is 920 g/mol. The van der Waals surface area contributed by atoms with Crippen LogP contribution in [0.15, 0.2) is 195 Å². The Labute approximate surface area is 351 Å². The van der Waals surface area contributed by atoms with Gasteiger partial charge in [0, 0.05) is 30.2 Å². The number of aromatic nitrogens is 4. The quantitative estimate of drug-likeness (QED) is 0.156. The maximum atomic E-state index is 4.98. The molecule has 1 aliphatic rings. The first kappa shape index (κ1) is 35.5. The molecule has 0 spiro atoms. The molecule has 0 N–H and O–H groups in total. The maximum absolute atomic E-state index is 4.98. The molecule has 0 bridgehead atoms. The van der Waals surface area contributed by atoms with E-state index in [1.807, 2.05) is 49.3 Å². The van der Waals surface area contributed by atoms with Crippen LogP contribution in [0.5, 0.6) is 0 Å². The van der Waals surface area contributed by atoms with Crippen molar-refractivity contribution in [2.24, 2.45) is 0 Å². The zero-order valence-corrected chi connectivity index (χ0v) is 33.4. The van der Waals surface area contributed by atoms with Crippen LogP contribution in [0, 0.1) is 12.1 Å². The number of nitrogens with zero attached hydrogens (tertiary/aromatic N) is 4. The molecule has 0 unspecified atom stereocenters. The number of hydrogen-bond acceptors (Lipinski definition) is 4. The summed E-state index contributed by atoms with van der Waals surface area (Å²) in [6, 6.07) is 63.8. The molecular formula is C53H32N4Pt. The Bertz CT molecular complexity index is 2930. The smallest absolute Gasteiger partial charge is 0.305 e. The van der Waals surface area contributed by atoms with Crippen molar-refractivity contribution in [3.8, 4) is 55.9 Å². The van der Waals surface area contributed by atoms with Crippen LogP contribution in [-0.2, 0) is 26.5 Å². The Morgan fingerprint density at radius 3 is 1.29 bits per heavy atom. The molecule has 0 saturated heterocycles. The third-order valence-corrected chi connectivity index (χ3v) is 11.4. The molecule has 11 rings (SSSR count). The summed E-state index contributed by atoms with van der Waals surface area (Å²) in [5.41, 5.74) is 13.8. The molecule has 4 aromatic heterocycles. The molecule has 274 valence electrons. The first-order valence-corrected chi connectivity index (χ1v) is 19.1. The zero-order valence-electron chi connectivity index (χ0n) is 31.1. The van der Waals surface area contributed by atoms with Gasteiger partial charge in [-0.15, -0.1) is 46.5 Å². The fourth-order valence-electron chi connectivity index (χ4n) is 8.79. The van der Waals surface area contributed by atoms with Gasteiger partial charge < -0.3 is 9.97 Å². The summed E-state index contributed by atoms with van der Waals surface area (Å²) >= 11 is 0. The monoisotopic (exact) mass is 919 g/mol. The molecule has 0 amide bonds. The Balaban J connectivity index is 0.00000408. The Morgan fingerprint density at radius 1 is 0.397 bits per heavy atom. The van der Waals surface area contributed by atoms with E-state index in [0.29, 0.717) is 0 Å². The van der Waals surface area contributed by atoms with Crippen molar-refractivity contribution < 1.29 is 21.1 Å². The van der Waals surface area contributed by atoms with Gasteiger partial charge in [0.1, 0.15) is 0 Å². The van der Waals surface area contributed by atoms with E-state index in [0.717, 1.165) is 77.4 Å². The standard InChI is InChI=1S/C53H32N4.Pt/c1-3-11-35(12-4-1)37-21-25-56-51(29-37)45-31-41(27-39-19-23-54-33-47(39)45)53(49-17-9-7-15-43(49)44-16-8-10-18-50(44)53)42-28-40-20-24-55-34-48(40)46(32-42)52-30-38(22-26-57-52)36-13-5-2-6-14-36;/h1-30,33-34H;/q-2;+2. The molecule has 10 aromatic rings. The van der Waals surface area contributed by atoms with E-state index in [9.17, 15) is 0 Å². The first-order chi connectivity index (χ1) is 28.3. The van der Waals surface area contributed by atoms with Gasteiger partial charge in [0.2, 0.25) is 0 Å².